The normalized spacial score (nSPS) is 10.7. The first-order valence-corrected chi connectivity index (χ1v) is 6.74. The van der Waals surface area contributed by atoms with Crippen LogP contribution in [0.5, 0.6) is 11.5 Å². The molecule has 2 aromatic carbocycles. The van der Waals surface area contributed by atoms with Crippen LogP contribution in [0, 0.1) is 0 Å². The zero-order chi connectivity index (χ0) is 14.5. The molecule has 1 N–H and O–H groups in total. The van der Waals surface area contributed by atoms with Crippen molar-refractivity contribution in [2.24, 2.45) is 0 Å². The molecule has 4 heteroatoms. The van der Waals surface area contributed by atoms with Crippen LogP contribution in [0.15, 0.2) is 53.0 Å². The third-order valence-corrected chi connectivity index (χ3v) is 3.29. The van der Waals surface area contributed by atoms with Gasteiger partial charge in [0.25, 0.3) is 0 Å². The van der Waals surface area contributed by atoms with Crippen molar-refractivity contribution >= 4 is 27.8 Å². The summed E-state index contributed by atoms with van der Waals surface area (Å²) in [6.07, 6.45) is 3.18. The zero-order valence-corrected chi connectivity index (χ0v) is 12.4. The Kier molecular flexibility index (Phi) is 4.58. The molecule has 0 atom stereocenters. The molecule has 0 aromatic heterocycles. The van der Waals surface area contributed by atoms with E-state index in [0.717, 1.165) is 10.0 Å². The molecular weight excluding hydrogens is 320 g/mol. The van der Waals surface area contributed by atoms with Crippen LogP contribution in [-0.2, 0) is 0 Å². The highest BCUT2D eigenvalue weighted by molar-refractivity contribution is 9.10. The number of methoxy groups -OCH3 is 1. The van der Waals surface area contributed by atoms with Crippen LogP contribution in [-0.4, -0.2) is 18.0 Å². The smallest absolute Gasteiger partial charge is 0.185 e. The van der Waals surface area contributed by atoms with Crippen molar-refractivity contribution in [1.29, 1.82) is 0 Å². The van der Waals surface area contributed by atoms with Gasteiger partial charge in [-0.15, -0.1) is 0 Å². The Morgan fingerprint density at radius 2 is 1.90 bits per heavy atom. The topological polar surface area (TPSA) is 46.5 Å². The molecule has 0 radical (unpaired) electrons. The average molecular weight is 333 g/mol. The molecular formula is C16H13BrO3. The number of aromatic hydroxyl groups is 1. The Labute approximate surface area is 125 Å². The molecule has 0 heterocycles. The minimum atomic E-state index is -0.0791. The monoisotopic (exact) mass is 332 g/mol. The quantitative estimate of drug-likeness (QED) is 0.678. The van der Waals surface area contributed by atoms with Crippen molar-refractivity contribution in [2.75, 3.05) is 7.11 Å². The number of hydrogen-bond acceptors (Lipinski definition) is 3. The van der Waals surface area contributed by atoms with Crippen LogP contribution in [0.2, 0.25) is 0 Å². The molecule has 102 valence electrons. The van der Waals surface area contributed by atoms with Gasteiger partial charge in [-0.25, -0.2) is 0 Å². The number of phenolic OH excluding ortho intramolecular Hbond substituents is 1. The molecule has 20 heavy (non-hydrogen) atoms. The highest BCUT2D eigenvalue weighted by atomic mass is 79.9. The number of carbonyl (C=O) groups excluding carboxylic acids is 1. The minimum Gasteiger partial charge on any atom is -0.504 e. The van der Waals surface area contributed by atoms with Crippen LogP contribution in [0.25, 0.3) is 6.08 Å². The van der Waals surface area contributed by atoms with Crippen molar-refractivity contribution in [2.45, 2.75) is 0 Å². The van der Waals surface area contributed by atoms with E-state index in [4.69, 9.17) is 4.74 Å². The van der Waals surface area contributed by atoms with Crippen LogP contribution in [0.3, 0.4) is 0 Å². The second-order valence-corrected chi connectivity index (χ2v) is 5.05. The van der Waals surface area contributed by atoms with Gasteiger partial charge in [-0.2, -0.15) is 0 Å². The zero-order valence-electron chi connectivity index (χ0n) is 10.8. The van der Waals surface area contributed by atoms with Gasteiger partial charge in [0.2, 0.25) is 0 Å². The van der Waals surface area contributed by atoms with Gasteiger partial charge in [-0.3, -0.25) is 4.79 Å². The Hall–Kier alpha value is -2.07. The van der Waals surface area contributed by atoms with Crippen LogP contribution in [0.4, 0.5) is 0 Å². The summed E-state index contributed by atoms with van der Waals surface area (Å²) in [6.45, 7) is 0. The maximum atomic E-state index is 12.0. The van der Waals surface area contributed by atoms with E-state index >= 15 is 0 Å². The molecule has 0 amide bonds. The molecule has 0 aliphatic rings. The molecule has 0 saturated carbocycles. The van der Waals surface area contributed by atoms with Gasteiger partial charge >= 0.3 is 0 Å². The van der Waals surface area contributed by atoms with Crippen LogP contribution >= 0.6 is 15.9 Å². The number of rotatable bonds is 4. The summed E-state index contributed by atoms with van der Waals surface area (Å²) >= 11 is 3.33. The maximum absolute atomic E-state index is 12.0. The second-order valence-electron chi connectivity index (χ2n) is 4.14. The standard InChI is InChI=1S/C16H13BrO3/c1-20-16-10-11(3-9-15(16)19)2-8-14(18)12-4-6-13(17)7-5-12/h2-10,19H,1H3. The van der Waals surface area contributed by atoms with E-state index in [1.54, 1.807) is 30.3 Å². The molecule has 2 rings (SSSR count). The van der Waals surface area contributed by atoms with E-state index in [1.807, 2.05) is 12.1 Å². The van der Waals surface area contributed by atoms with Crippen LogP contribution in [0.1, 0.15) is 15.9 Å². The maximum Gasteiger partial charge on any atom is 0.185 e. The van der Waals surface area contributed by atoms with Gasteiger partial charge in [0.1, 0.15) is 0 Å². The minimum absolute atomic E-state index is 0.0730. The number of halogens is 1. The summed E-state index contributed by atoms with van der Waals surface area (Å²) in [5, 5.41) is 9.50. The van der Waals surface area contributed by atoms with E-state index in [1.165, 1.54) is 19.3 Å². The molecule has 0 spiro atoms. The lowest BCUT2D eigenvalue weighted by Crippen LogP contribution is -1.93. The highest BCUT2D eigenvalue weighted by Crippen LogP contribution is 2.26. The van der Waals surface area contributed by atoms with Crippen molar-refractivity contribution in [3.63, 3.8) is 0 Å². The fraction of sp³-hybridized carbons (Fsp3) is 0.0625. The third-order valence-electron chi connectivity index (χ3n) is 2.76. The van der Waals surface area contributed by atoms with E-state index in [0.29, 0.717) is 11.3 Å². The lowest BCUT2D eigenvalue weighted by atomic mass is 10.1. The van der Waals surface area contributed by atoms with Crippen molar-refractivity contribution in [1.82, 2.24) is 0 Å². The SMILES string of the molecule is COc1cc(C=CC(=O)c2ccc(Br)cc2)ccc1O. The largest absolute Gasteiger partial charge is 0.504 e. The summed E-state index contributed by atoms with van der Waals surface area (Å²) in [7, 11) is 1.48. The van der Waals surface area contributed by atoms with E-state index in [-0.39, 0.29) is 11.5 Å². The van der Waals surface area contributed by atoms with Crippen molar-refractivity contribution < 1.29 is 14.6 Å². The summed E-state index contributed by atoms with van der Waals surface area (Å²) in [5.41, 5.74) is 1.40. The first-order valence-electron chi connectivity index (χ1n) is 5.95. The predicted molar refractivity (Wildman–Crippen MR) is 82.2 cm³/mol. The number of carbonyl (C=O) groups is 1. The number of benzene rings is 2. The Morgan fingerprint density at radius 3 is 2.55 bits per heavy atom. The molecule has 0 unspecified atom stereocenters. The van der Waals surface area contributed by atoms with Gasteiger partial charge in [-0.1, -0.05) is 28.1 Å². The Morgan fingerprint density at radius 1 is 1.20 bits per heavy atom. The summed E-state index contributed by atoms with van der Waals surface area (Å²) in [5.74, 6) is 0.372. The average Bonchev–Trinajstić information content (AvgIpc) is 2.46. The molecule has 3 nitrogen and oxygen atoms in total. The molecule has 0 aliphatic carbocycles. The number of ketones is 1. The summed E-state index contributed by atoms with van der Waals surface area (Å²) in [6, 6.07) is 12.1. The van der Waals surface area contributed by atoms with Gasteiger partial charge in [-0.05, 0) is 48.0 Å². The van der Waals surface area contributed by atoms with Gasteiger partial charge < -0.3 is 9.84 Å². The molecule has 0 saturated heterocycles. The first-order chi connectivity index (χ1) is 9.60. The number of hydrogen-bond donors (Lipinski definition) is 1. The predicted octanol–water partition coefficient (Wildman–Crippen LogP) is 4.06. The fourth-order valence-electron chi connectivity index (χ4n) is 1.68. The van der Waals surface area contributed by atoms with Gasteiger partial charge in [0.15, 0.2) is 17.3 Å². The second kappa shape index (κ2) is 6.39. The highest BCUT2D eigenvalue weighted by Gasteiger charge is 2.03. The molecule has 0 bridgehead atoms. The summed E-state index contributed by atoms with van der Waals surface area (Å²) in [4.78, 5) is 12.0. The van der Waals surface area contributed by atoms with Crippen molar-refractivity contribution in [3.8, 4) is 11.5 Å². The van der Waals surface area contributed by atoms with E-state index in [2.05, 4.69) is 15.9 Å². The van der Waals surface area contributed by atoms with Crippen LogP contribution < -0.4 is 4.74 Å². The number of allylic oxidation sites excluding steroid dienone is 1. The third kappa shape index (κ3) is 3.48. The van der Waals surface area contributed by atoms with E-state index in [9.17, 15) is 9.90 Å². The van der Waals surface area contributed by atoms with Gasteiger partial charge in [0, 0.05) is 10.0 Å². The number of ether oxygens (including phenoxy) is 1. The Bertz CT molecular complexity index is 645. The lowest BCUT2D eigenvalue weighted by molar-refractivity contribution is 0.104. The Balaban J connectivity index is 2.16. The first kappa shape index (κ1) is 14.3. The lowest BCUT2D eigenvalue weighted by Gasteiger charge is -2.03. The van der Waals surface area contributed by atoms with E-state index < -0.39 is 0 Å². The fourth-order valence-corrected chi connectivity index (χ4v) is 1.94. The van der Waals surface area contributed by atoms with Crippen molar-refractivity contribution in [3.05, 3.63) is 64.1 Å². The summed E-state index contributed by atoms with van der Waals surface area (Å²) < 4.78 is 5.95. The van der Waals surface area contributed by atoms with Gasteiger partial charge in [0.05, 0.1) is 7.11 Å². The molecule has 0 aliphatic heterocycles. The molecule has 2 aromatic rings. The molecule has 0 fully saturated rings. The number of phenols is 1.